The molecule has 0 aliphatic rings. The number of amides is 1. The predicted molar refractivity (Wildman–Crippen MR) is 112 cm³/mol. The molecule has 28 heavy (non-hydrogen) atoms. The molecule has 0 aliphatic carbocycles. The second-order valence-corrected chi connectivity index (χ2v) is 7.29. The highest BCUT2D eigenvalue weighted by atomic mass is 32.2. The zero-order chi connectivity index (χ0) is 19.9. The van der Waals surface area contributed by atoms with Gasteiger partial charge in [0.15, 0.2) is 11.0 Å². The van der Waals surface area contributed by atoms with Crippen LogP contribution in [0.25, 0.3) is 17.1 Å². The van der Waals surface area contributed by atoms with Crippen LogP contribution >= 0.6 is 11.8 Å². The summed E-state index contributed by atoms with van der Waals surface area (Å²) >= 11 is 1.38. The van der Waals surface area contributed by atoms with Gasteiger partial charge in [0.1, 0.15) is 5.75 Å². The Hall–Kier alpha value is -2.80. The topological polar surface area (TPSA) is 69.0 Å². The van der Waals surface area contributed by atoms with Gasteiger partial charge in [0.25, 0.3) is 0 Å². The van der Waals surface area contributed by atoms with Gasteiger partial charge in [0, 0.05) is 17.8 Å². The maximum atomic E-state index is 12.0. The Labute approximate surface area is 169 Å². The Morgan fingerprint density at radius 3 is 2.64 bits per heavy atom. The van der Waals surface area contributed by atoms with Gasteiger partial charge in [0.2, 0.25) is 5.91 Å². The van der Waals surface area contributed by atoms with Gasteiger partial charge in [-0.05, 0) is 43.7 Å². The SMILES string of the molecule is CCCNC(=O)CSc1nnc(-c2cccc(C)c2)n1-c1ccc(OC)cc1. The molecule has 0 radical (unpaired) electrons. The van der Waals surface area contributed by atoms with Crippen LogP contribution in [-0.2, 0) is 4.79 Å². The first-order chi connectivity index (χ1) is 13.6. The summed E-state index contributed by atoms with van der Waals surface area (Å²) < 4.78 is 7.24. The number of carbonyl (C=O) groups excluding carboxylic acids is 1. The quantitative estimate of drug-likeness (QED) is 0.586. The molecule has 0 aliphatic heterocycles. The molecular formula is C21H24N4O2S. The highest BCUT2D eigenvalue weighted by Crippen LogP contribution is 2.29. The van der Waals surface area contributed by atoms with Crippen molar-refractivity contribution in [2.75, 3.05) is 19.4 Å². The van der Waals surface area contributed by atoms with E-state index in [-0.39, 0.29) is 5.91 Å². The van der Waals surface area contributed by atoms with Gasteiger partial charge in [0.05, 0.1) is 12.9 Å². The maximum absolute atomic E-state index is 12.0. The number of carbonyl (C=O) groups is 1. The standard InChI is InChI=1S/C21H24N4O2S/c1-4-12-22-19(26)14-28-21-24-23-20(16-7-5-6-15(2)13-16)25(21)17-8-10-18(27-3)11-9-17/h5-11,13H,4,12,14H2,1-3H3,(H,22,26). The summed E-state index contributed by atoms with van der Waals surface area (Å²) in [5.41, 5.74) is 3.04. The number of aromatic nitrogens is 3. The zero-order valence-electron chi connectivity index (χ0n) is 16.3. The number of ether oxygens (including phenoxy) is 1. The van der Waals surface area contributed by atoms with E-state index in [4.69, 9.17) is 4.74 Å². The van der Waals surface area contributed by atoms with Crippen molar-refractivity contribution < 1.29 is 9.53 Å². The molecule has 2 aromatic carbocycles. The van der Waals surface area contributed by atoms with E-state index in [1.54, 1.807) is 7.11 Å². The molecule has 0 saturated carbocycles. The fourth-order valence-corrected chi connectivity index (χ4v) is 3.53. The second kappa shape index (κ2) is 9.41. The zero-order valence-corrected chi connectivity index (χ0v) is 17.1. The molecule has 0 atom stereocenters. The van der Waals surface area contributed by atoms with E-state index in [1.807, 2.05) is 60.9 Å². The molecule has 3 rings (SSSR count). The normalized spacial score (nSPS) is 10.7. The van der Waals surface area contributed by atoms with Gasteiger partial charge in [-0.25, -0.2) is 0 Å². The number of rotatable bonds is 8. The van der Waals surface area contributed by atoms with E-state index in [0.717, 1.165) is 34.8 Å². The summed E-state index contributed by atoms with van der Waals surface area (Å²) in [6, 6.07) is 15.9. The van der Waals surface area contributed by atoms with Crippen molar-refractivity contribution in [2.45, 2.75) is 25.4 Å². The Morgan fingerprint density at radius 2 is 1.96 bits per heavy atom. The van der Waals surface area contributed by atoms with Crippen molar-refractivity contribution in [2.24, 2.45) is 0 Å². The number of hydrogen-bond acceptors (Lipinski definition) is 5. The molecule has 3 aromatic rings. The first kappa shape index (κ1) is 19.9. The second-order valence-electron chi connectivity index (χ2n) is 6.35. The molecule has 146 valence electrons. The predicted octanol–water partition coefficient (Wildman–Crippen LogP) is 3.87. The molecule has 0 spiro atoms. The molecular weight excluding hydrogens is 372 g/mol. The van der Waals surface area contributed by atoms with Crippen LogP contribution < -0.4 is 10.1 Å². The number of nitrogens with zero attached hydrogens (tertiary/aromatic N) is 3. The fourth-order valence-electron chi connectivity index (χ4n) is 2.74. The Balaban J connectivity index is 1.96. The van der Waals surface area contributed by atoms with Crippen LogP contribution in [0.2, 0.25) is 0 Å². The Morgan fingerprint density at radius 1 is 1.18 bits per heavy atom. The van der Waals surface area contributed by atoms with E-state index in [0.29, 0.717) is 17.5 Å². The molecule has 1 N–H and O–H groups in total. The highest BCUT2D eigenvalue weighted by molar-refractivity contribution is 7.99. The molecule has 6 nitrogen and oxygen atoms in total. The molecule has 7 heteroatoms. The van der Waals surface area contributed by atoms with Crippen LogP contribution in [0.1, 0.15) is 18.9 Å². The van der Waals surface area contributed by atoms with Gasteiger partial charge in [-0.15, -0.1) is 10.2 Å². The van der Waals surface area contributed by atoms with Gasteiger partial charge in [-0.1, -0.05) is 42.4 Å². The summed E-state index contributed by atoms with van der Waals surface area (Å²) in [7, 11) is 1.64. The van der Waals surface area contributed by atoms with E-state index >= 15 is 0 Å². The molecule has 1 amide bonds. The number of methoxy groups -OCH3 is 1. The molecule has 0 bridgehead atoms. The lowest BCUT2D eigenvalue weighted by Crippen LogP contribution is -2.25. The summed E-state index contributed by atoms with van der Waals surface area (Å²) in [6.45, 7) is 4.76. The van der Waals surface area contributed by atoms with Crippen LogP contribution in [0.4, 0.5) is 0 Å². The fraction of sp³-hybridized carbons (Fsp3) is 0.286. The maximum Gasteiger partial charge on any atom is 0.230 e. The summed E-state index contributed by atoms with van der Waals surface area (Å²) in [6.07, 6.45) is 0.913. The third-order valence-corrected chi connectivity index (χ3v) is 5.07. The highest BCUT2D eigenvalue weighted by Gasteiger charge is 2.17. The summed E-state index contributed by atoms with van der Waals surface area (Å²) in [5, 5.41) is 12.3. The van der Waals surface area contributed by atoms with E-state index in [2.05, 4.69) is 21.6 Å². The van der Waals surface area contributed by atoms with Crippen molar-refractivity contribution in [3.05, 3.63) is 54.1 Å². The molecule has 0 saturated heterocycles. The summed E-state index contributed by atoms with van der Waals surface area (Å²) in [5.74, 6) is 1.81. The minimum Gasteiger partial charge on any atom is -0.497 e. The number of aryl methyl sites for hydroxylation is 1. The van der Waals surface area contributed by atoms with Crippen LogP contribution in [0.5, 0.6) is 5.75 Å². The van der Waals surface area contributed by atoms with Crippen molar-refractivity contribution in [1.29, 1.82) is 0 Å². The van der Waals surface area contributed by atoms with Crippen molar-refractivity contribution >= 4 is 17.7 Å². The van der Waals surface area contributed by atoms with E-state index < -0.39 is 0 Å². The van der Waals surface area contributed by atoms with Crippen LogP contribution in [0.3, 0.4) is 0 Å². The van der Waals surface area contributed by atoms with Crippen molar-refractivity contribution in [1.82, 2.24) is 20.1 Å². The van der Waals surface area contributed by atoms with Gasteiger partial charge < -0.3 is 10.1 Å². The third kappa shape index (κ3) is 4.72. The van der Waals surface area contributed by atoms with Gasteiger partial charge >= 0.3 is 0 Å². The smallest absolute Gasteiger partial charge is 0.230 e. The number of nitrogens with one attached hydrogen (secondary N) is 1. The molecule has 0 unspecified atom stereocenters. The van der Waals surface area contributed by atoms with Crippen molar-refractivity contribution in [3.63, 3.8) is 0 Å². The lowest BCUT2D eigenvalue weighted by atomic mass is 10.1. The lowest BCUT2D eigenvalue weighted by Gasteiger charge is -2.11. The molecule has 1 heterocycles. The lowest BCUT2D eigenvalue weighted by molar-refractivity contribution is -0.118. The number of hydrogen-bond donors (Lipinski definition) is 1. The minimum absolute atomic E-state index is 0.00626. The Kier molecular flexibility index (Phi) is 6.71. The largest absolute Gasteiger partial charge is 0.497 e. The Bertz CT molecular complexity index is 938. The monoisotopic (exact) mass is 396 g/mol. The average molecular weight is 397 g/mol. The van der Waals surface area contributed by atoms with Gasteiger partial charge in [-0.2, -0.15) is 0 Å². The average Bonchev–Trinajstić information content (AvgIpc) is 3.14. The minimum atomic E-state index is -0.00626. The van der Waals surface area contributed by atoms with Crippen molar-refractivity contribution in [3.8, 4) is 22.8 Å². The van der Waals surface area contributed by atoms with Gasteiger partial charge in [-0.3, -0.25) is 9.36 Å². The number of benzene rings is 2. The third-order valence-electron chi connectivity index (χ3n) is 4.14. The van der Waals surface area contributed by atoms with E-state index in [9.17, 15) is 4.79 Å². The van der Waals surface area contributed by atoms with Crippen LogP contribution in [0, 0.1) is 6.92 Å². The first-order valence-electron chi connectivity index (χ1n) is 9.18. The first-order valence-corrected chi connectivity index (χ1v) is 10.2. The molecule has 0 fully saturated rings. The van der Waals surface area contributed by atoms with Crippen LogP contribution in [-0.4, -0.2) is 40.1 Å². The molecule has 1 aromatic heterocycles. The van der Waals surface area contributed by atoms with E-state index in [1.165, 1.54) is 11.8 Å². The summed E-state index contributed by atoms with van der Waals surface area (Å²) in [4.78, 5) is 12.0. The van der Waals surface area contributed by atoms with Crippen LogP contribution in [0.15, 0.2) is 53.7 Å². The number of thioether (sulfide) groups is 1.